The van der Waals surface area contributed by atoms with E-state index in [9.17, 15) is 14.7 Å². The number of nitrogens with one attached hydrogen (secondary N) is 1. The summed E-state index contributed by atoms with van der Waals surface area (Å²) in [5, 5.41) is 9.59. The van der Waals surface area contributed by atoms with Crippen LogP contribution in [0.1, 0.15) is 53.7 Å². The van der Waals surface area contributed by atoms with E-state index in [1.54, 1.807) is 6.92 Å². The summed E-state index contributed by atoms with van der Waals surface area (Å²) in [7, 11) is 0. The van der Waals surface area contributed by atoms with Crippen molar-refractivity contribution in [1.29, 1.82) is 0 Å². The number of aromatic carboxylic acids is 1. The Morgan fingerprint density at radius 3 is 2.73 bits per heavy atom. The monoisotopic (exact) mass is 318 g/mol. The minimum absolute atomic E-state index is 0.193. The predicted molar refractivity (Wildman–Crippen MR) is 86.8 cm³/mol. The summed E-state index contributed by atoms with van der Waals surface area (Å²) in [6.07, 6.45) is 5.22. The lowest BCUT2D eigenvalue weighted by molar-refractivity contribution is 0.0701. The van der Waals surface area contributed by atoms with Crippen LogP contribution in [0, 0.1) is 6.92 Å². The molecule has 3 rings (SSSR count). The van der Waals surface area contributed by atoms with Crippen molar-refractivity contribution >= 4 is 27.5 Å². The Balaban J connectivity index is 2.06. The van der Waals surface area contributed by atoms with Crippen LogP contribution in [0.25, 0.3) is 10.2 Å². The maximum atomic E-state index is 12.3. The lowest BCUT2D eigenvalue weighted by atomic mass is 9.91. The molecule has 0 saturated carbocycles. The van der Waals surface area contributed by atoms with Crippen molar-refractivity contribution in [2.45, 2.75) is 46.0 Å². The molecular weight excluding hydrogens is 300 g/mol. The van der Waals surface area contributed by atoms with Crippen LogP contribution in [0.4, 0.5) is 0 Å². The number of thiophene rings is 1. The van der Waals surface area contributed by atoms with Gasteiger partial charge in [-0.15, -0.1) is 11.3 Å². The lowest BCUT2D eigenvalue weighted by Gasteiger charge is -2.17. The second-order valence-electron chi connectivity index (χ2n) is 5.82. The molecule has 116 valence electrons. The van der Waals surface area contributed by atoms with E-state index in [4.69, 9.17) is 0 Å². The largest absolute Gasteiger partial charge is 0.477 e. The molecule has 0 radical (unpaired) electrons. The van der Waals surface area contributed by atoms with Crippen LogP contribution in [0.15, 0.2) is 15.9 Å². The van der Waals surface area contributed by atoms with Crippen LogP contribution >= 0.6 is 11.3 Å². The molecular formula is C16H18N2O3S. The maximum absolute atomic E-state index is 12.3. The van der Waals surface area contributed by atoms with Gasteiger partial charge in [-0.1, -0.05) is 11.1 Å². The molecule has 2 N–H and O–H groups in total. The Bertz CT molecular complexity index is 845. The molecule has 0 fully saturated rings. The van der Waals surface area contributed by atoms with Crippen molar-refractivity contribution in [3.63, 3.8) is 0 Å². The van der Waals surface area contributed by atoms with Gasteiger partial charge in [0, 0.05) is 6.42 Å². The number of H-pyrrole nitrogens is 1. The summed E-state index contributed by atoms with van der Waals surface area (Å²) < 4.78 is 0. The Morgan fingerprint density at radius 2 is 2.05 bits per heavy atom. The van der Waals surface area contributed by atoms with Crippen LogP contribution in [0.2, 0.25) is 0 Å². The number of fused-ring (bicyclic) bond motifs is 1. The van der Waals surface area contributed by atoms with Gasteiger partial charge in [0.15, 0.2) is 0 Å². The van der Waals surface area contributed by atoms with E-state index in [2.05, 4.69) is 16.9 Å². The first-order chi connectivity index (χ1) is 10.5. The summed E-state index contributed by atoms with van der Waals surface area (Å²) in [5.74, 6) is -0.376. The highest BCUT2D eigenvalue weighted by Gasteiger charge is 2.19. The van der Waals surface area contributed by atoms with Gasteiger partial charge in [-0.25, -0.2) is 9.78 Å². The third-order valence-electron chi connectivity index (χ3n) is 4.31. The molecule has 2 aromatic heterocycles. The van der Waals surface area contributed by atoms with E-state index in [0.29, 0.717) is 28.0 Å². The van der Waals surface area contributed by atoms with Crippen molar-refractivity contribution in [2.75, 3.05) is 0 Å². The third-order valence-corrected chi connectivity index (χ3v) is 5.48. The number of aryl methyl sites for hydroxylation is 1. The Labute approximate surface area is 131 Å². The number of hydrogen-bond donors (Lipinski definition) is 2. The van der Waals surface area contributed by atoms with Crippen molar-refractivity contribution < 1.29 is 9.90 Å². The number of aromatic nitrogens is 2. The molecule has 1 aliphatic carbocycles. The molecule has 6 heteroatoms. The maximum Gasteiger partial charge on any atom is 0.346 e. The number of hydrogen-bond acceptors (Lipinski definition) is 4. The first-order valence-electron chi connectivity index (χ1n) is 7.40. The average Bonchev–Trinajstić information content (AvgIpc) is 2.79. The topological polar surface area (TPSA) is 83.0 Å². The fourth-order valence-corrected chi connectivity index (χ4v) is 4.08. The molecule has 0 amide bonds. The minimum atomic E-state index is -1.01. The average molecular weight is 318 g/mol. The van der Waals surface area contributed by atoms with Gasteiger partial charge in [0.1, 0.15) is 15.5 Å². The lowest BCUT2D eigenvalue weighted by Crippen LogP contribution is -2.13. The summed E-state index contributed by atoms with van der Waals surface area (Å²) >= 11 is 1.08. The molecule has 0 bridgehead atoms. The molecule has 22 heavy (non-hydrogen) atoms. The Morgan fingerprint density at radius 1 is 1.32 bits per heavy atom. The normalized spacial score (nSPS) is 15.5. The van der Waals surface area contributed by atoms with Crippen molar-refractivity contribution in [1.82, 2.24) is 9.97 Å². The van der Waals surface area contributed by atoms with Crippen LogP contribution in [-0.2, 0) is 6.42 Å². The van der Waals surface area contributed by atoms with E-state index in [1.165, 1.54) is 24.0 Å². The number of carbonyl (C=O) groups is 1. The smallest absolute Gasteiger partial charge is 0.346 e. The summed E-state index contributed by atoms with van der Waals surface area (Å²) in [5.41, 5.74) is 3.00. The predicted octanol–water partition coefficient (Wildman–Crippen LogP) is 3.42. The fourth-order valence-electron chi connectivity index (χ4n) is 3.04. The van der Waals surface area contributed by atoms with Crippen molar-refractivity contribution in [3.05, 3.63) is 37.8 Å². The van der Waals surface area contributed by atoms with Crippen LogP contribution in [0.3, 0.4) is 0 Å². The summed E-state index contributed by atoms with van der Waals surface area (Å²) in [6, 6.07) is 0. The molecule has 0 aromatic carbocycles. The minimum Gasteiger partial charge on any atom is -0.477 e. The van der Waals surface area contributed by atoms with Gasteiger partial charge in [0.05, 0.1) is 5.39 Å². The van der Waals surface area contributed by atoms with E-state index < -0.39 is 5.97 Å². The van der Waals surface area contributed by atoms with Crippen LogP contribution in [0.5, 0.6) is 0 Å². The third kappa shape index (κ3) is 2.59. The van der Waals surface area contributed by atoms with Gasteiger partial charge < -0.3 is 10.1 Å². The number of nitrogens with zero attached hydrogens (tertiary/aromatic N) is 1. The molecule has 0 saturated heterocycles. The van der Waals surface area contributed by atoms with E-state index in [1.807, 2.05) is 0 Å². The number of aromatic amines is 1. The van der Waals surface area contributed by atoms with Gasteiger partial charge in [0.2, 0.25) is 0 Å². The highest BCUT2D eigenvalue weighted by molar-refractivity contribution is 7.20. The van der Waals surface area contributed by atoms with Crippen molar-refractivity contribution in [3.8, 4) is 0 Å². The first-order valence-corrected chi connectivity index (χ1v) is 8.22. The number of rotatable bonds is 3. The zero-order chi connectivity index (χ0) is 15.9. The molecule has 1 aliphatic rings. The standard InChI is InChI=1S/C16H18N2O3S/c1-8-5-3-4-6-10(8)7-11-17-14(19)12-9(2)13(16(20)21)22-15(12)18-11/h3-7H2,1-2H3,(H,20,21)(H,17,18,19). The van der Waals surface area contributed by atoms with E-state index >= 15 is 0 Å². The summed E-state index contributed by atoms with van der Waals surface area (Å²) in [4.78, 5) is 31.5. The van der Waals surface area contributed by atoms with Gasteiger partial charge in [-0.2, -0.15) is 0 Å². The van der Waals surface area contributed by atoms with E-state index in [-0.39, 0.29) is 10.4 Å². The molecule has 0 unspecified atom stereocenters. The van der Waals surface area contributed by atoms with Gasteiger partial charge >= 0.3 is 5.97 Å². The molecule has 0 spiro atoms. The SMILES string of the molecule is CC1=C(Cc2nc3sc(C(=O)O)c(C)c3c(=O)[nH]2)CCCC1. The molecule has 2 heterocycles. The first kappa shape index (κ1) is 15.0. The number of allylic oxidation sites excluding steroid dienone is 2. The highest BCUT2D eigenvalue weighted by Crippen LogP contribution is 2.29. The van der Waals surface area contributed by atoms with Crippen molar-refractivity contribution in [2.24, 2.45) is 0 Å². The van der Waals surface area contributed by atoms with Gasteiger partial charge in [-0.05, 0) is 45.1 Å². The van der Waals surface area contributed by atoms with Crippen LogP contribution < -0.4 is 5.56 Å². The zero-order valence-electron chi connectivity index (χ0n) is 12.7. The molecule has 0 aliphatic heterocycles. The van der Waals surface area contributed by atoms with Crippen LogP contribution in [-0.4, -0.2) is 21.0 Å². The molecule has 0 atom stereocenters. The summed E-state index contributed by atoms with van der Waals surface area (Å²) in [6.45, 7) is 3.80. The quantitative estimate of drug-likeness (QED) is 0.849. The van der Waals surface area contributed by atoms with Gasteiger partial charge in [0.25, 0.3) is 5.56 Å². The highest BCUT2D eigenvalue weighted by atomic mass is 32.1. The fraction of sp³-hybridized carbons (Fsp3) is 0.438. The molecule has 5 nitrogen and oxygen atoms in total. The second kappa shape index (κ2) is 5.68. The number of carboxylic acid groups (broad SMARTS) is 1. The zero-order valence-corrected chi connectivity index (χ0v) is 13.5. The molecule has 2 aromatic rings. The second-order valence-corrected chi connectivity index (χ2v) is 6.82. The number of carboxylic acids is 1. The Kier molecular flexibility index (Phi) is 3.87. The van der Waals surface area contributed by atoms with E-state index in [0.717, 1.165) is 24.2 Å². The van der Waals surface area contributed by atoms with Gasteiger partial charge in [-0.3, -0.25) is 4.79 Å². The Hall–Kier alpha value is -1.95.